The maximum absolute atomic E-state index is 12.5. The highest BCUT2D eigenvalue weighted by Crippen LogP contribution is 2.32. The SMILES string of the molecule is CC(NS(=O)(=O)c1c(N)cc(Br)cc1Br)c1ccccc1. The van der Waals surface area contributed by atoms with Crippen LogP contribution >= 0.6 is 31.9 Å². The summed E-state index contributed by atoms with van der Waals surface area (Å²) in [7, 11) is -3.73. The minimum atomic E-state index is -3.73. The summed E-state index contributed by atoms with van der Waals surface area (Å²) in [5, 5.41) is 0. The van der Waals surface area contributed by atoms with E-state index in [2.05, 4.69) is 36.6 Å². The predicted molar refractivity (Wildman–Crippen MR) is 91.4 cm³/mol. The van der Waals surface area contributed by atoms with Crippen molar-refractivity contribution in [2.45, 2.75) is 17.9 Å². The molecule has 7 heteroatoms. The number of anilines is 1. The highest BCUT2D eigenvalue weighted by atomic mass is 79.9. The Balaban J connectivity index is 2.36. The zero-order valence-corrected chi connectivity index (χ0v) is 15.2. The number of nitrogens with two attached hydrogens (primary N) is 1. The molecule has 0 aromatic heterocycles. The Morgan fingerprint density at radius 2 is 1.76 bits per heavy atom. The fourth-order valence-corrected chi connectivity index (χ4v) is 5.27. The topological polar surface area (TPSA) is 72.2 Å². The summed E-state index contributed by atoms with van der Waals surface area (Å²) in [6.07, 6.45) is 0. The van der Waals surface area contributed by atoms with Crippen LogP contribution in [0, 0.1) is 0 Å². The lowest BCUT2D eigenvalue weighted by Gasteiger charge is -2.16. The lowest BCUT2D eigenvalue weighted by Crippen LogP contribution is -2.28. The Labute approximate surface area is 141 Å². The third-order valence-corrected chi connectivity index (χ3v) is 5.94. The minimum Gasteiger partial charge on any atom is -0.398 e. The molecule has 0 heterocycles. The average molecular weight is 434 g/mol. The number of halogens is 2. The highest BCUT2D eigenvalue weighted by molar-refractivity contribution is 9.11. The smallest absolute Gasteiger partial charge is 0.244 e. The normalized spacial score (nSPS) is 13.1. The number of sulfonamides is 1. The van der Waals surface area contributed by atoms with Crippen LogP contribution in [0.3, 0.4) is 0 Å². The fraction of sp³-hybridized carbons (Fsp3) is 0.143. The molecule has 1 unspecified atom stereocenters. The van der Waals surface area contributed by atoms with Crippen LogP contribution in [0.25, 0.3) is 0 Å². The van der Waals surface area contributed by atoms with Crippen molar-refractivity contribution in [2.24, 2.45) is 0 Å². The Bertz CT molecular complexity index is 726. The van der Waals surface area contributed by atoms with Crippen molar-refractivity contribution in [3.63, 3.8) is 0 Å². The van der Waals surface area contributed by atoms with Crippen molar-refractivity contribution in [3.8, 4) is 0 Å². The molecule has 0 radical (unpaired) electrons. The van der Waals surface area contributed by atoms with Crippen molar-refractivity contribution < 1.29 is 8.42 Å². The van der Waals surface area contributed by atoms with Crippen molar-refractivity contribution >= 4 is 47.6 Å². The minimum absolute atomic E-state index is 0.0495. The molecule has 2 aromatic carbocycles. The van der Waals surface area contributed by atoms with Crippen LogP contribution < -0.4 is 10.5 Å². The van der Waals surface area contributed by atoms with Gasteiger partial charge in [0.05, 0.1) is 5.69 Å². The van der Waals surface area contributed by atoms with E-state index in [4.69, 9.17) is 5.73 Å². The quantitative estimate of drug-likeness (QED) is 0.719. The molecule has 0 amide bonds. The average Bonchev–Trinajstić information content (AvgIpc) is 2.37. The van der Waals surface area contributed by atoms with E-state index in [1.54, 1.807) is 19.1 Å². The molecule has 0 saturated heterocycles. The molecule has 112 valence electrons. The van der Waals surface area contributed by atoms with Gasteiger partial charge >= 0.3 is 0 Å². The molecule has 0 aliphatic heterocycles. The maximum atomic E-state index is 12.5. The van der Waals surface area contributed by atoms with Crippen LogP contribution in [0.2, 0.25) is 0 Å². The third-order valence-electron chi connectivity index (χ3n) is 2.94. The summed E-state index contributed by atoms with van der Waals surface area (Å²) in [4.78, 5) is 0.0495. The zero-order valence-electron chi connectivity index (χ0n) is 11.2. The first-order valence-electron chi connectivity index (χ1n) is 6.13. The van der Waals surface area contributed by atoms with Gasteiger partial charge in [-0.2, -0.15) is 0 Å². The lowest BCUT2D eigenvalue weighted by molar-refractivity contribution is 0.567. The van der Waals surface area contributed by atoms with Gasteiger partial charge < -0.3 is 5.73 Å². The van der Waals surface area contributed by atoms with Gasteiger partial charge in [-0.1, -0.05) is 46.3 Å². The number of nitrogens with one attached hydrogen (secondary N) is 1. The molecule has 0 saturated carbocycles. The molecule has 0 bridgehead atoms. The van der Waals surface area contributed by atoms with Crippen molar-refractivity contribution in [3.05, 3.63) is 57.0 Å². The van der Waals surface area contributed by atoms with Gasteiger partial charge in [0.25, 0.3) is 0 Å². The van der Waals surface area contributed by atoms with E-state index in [1.165, 1.54) is 0 Å². The predicted octanol–water partition coefficient (Wildman–Crippen LogP) is 3.83. The molecular formula is C14H14Br2N2O2S. The van der Waals surface area contributed by atoms with Gasteiger partial charge in [-0.25, -0.2) is 13.1 Å². The Hall–Kier alpha value is -0.890. The molecule has 1 atom stereocenters. The van der Waals surface area contributed by atoms with Crippen LogP contribution in [0.5, 0.6) is 0 Å². The van der Waals surface area contributed by atoms with Gasteiger partial charge in [0.1, 0.15) is 4.90 Å². The van der Waals surface area contributed by atoms with E-state index in [0.29, 0.717) is 8.95 Å². The van der Waals surface area contributed by atoms with Gasteiger partial charge in [-0.3, -0.25) is 0 Å². The molecule has 0 spiro atoms. The van der Waals surface area contributed by atoms with Gasteiger partial charge in [0, 0.05) is 15.0 Å². The molecule has 3 N–H and O–H groups in total. The summed E-state index contributed by atoms with van der Waals surface area (Å²) in [5.74, 6) is 0. The van der Waals surface area contributed by atoms with Gasteiger partial charge in [-0.05, 0) is 40.5 Å². The van der Waals surface area contributed by atoms with Gasteiger partial charge in [0.15, 0.2) is 0 Å². The number of benzene rings is 2. The second kappa shape index (κ2) is 6.48. The van der Waals surface area contributed by atoms with Crippen LogP contribution in [0.4, 0.5) is 5.69 Å². The molecule has 2 rings (SSSR count). The second-order valence-electron chi connectivity index (χ2n) is 4.56. The molecule has 0 aliphatic rings. The molecule has 4 nitrogen and oxygen atoms in total. The number of hydrogen-bond acceptors (Lipinski definition) is 3. The summed E-state index contributed by atoms with van der Waals surface area (Å²) >= 11 is 6.53. The second-order valence-corrected chi connectivity index (χ2v) is 7.98. The van der Waals surface area contributed by atoms with Gasteiger partial charge in [-0.15, -0.1) is 0 Å². The van der Waals surface area contributed by atoms with Crippen LogP contribution in [-0.2, 0) is 10.0 Å². The number of nitrogen functional groups attached to an aromatic ring is 1. The summed E-state index contributed by atoms with van der Waals surface area (Å²) in [6.45, 7) is 1.79. The van der Waals surface area contributed by atoms with E-state index in [0.717, 1.165) is 5.56 Å². The third kappa shape index (κ3) is 3.85. The summed E-state index contributed by atoms with van der Waals surface area (Å²) in [5.41, 5.74) is 6.91. The maximum Gasteiger partial charge on any atom is 0.244 e. The number of hydrogen-bond donors (Lipinski definition) is 2. The fourth-order valence-electron chi connectivity index (χ4n) is 1.97. The summed E-state index contributed by atoms with van der Waals surface area (Å²) < 4.78 is 28.8. The monoisotopic (exact) mass is 432 g/mol. The van der Waals surface area contributed by atoms with Crippen LogP contribution in [0.15, 0.2) is 56.3 Å². The zero-order chi connectivity index (χ0) is 15.6. The molecular weight excluding hydrogens is 420 g/mol. The van der Waals surface area contributed by atoms with Crippen LogP contribution in [0.1, 0.15) is 18.5 Å². The van der Waals surface area contributed by atoms with E-state index in [9.17, 15) is 8.42 Å². The van der Waals surface area contributed by atoms with E-state index >= 15 is 0 Å². The van der Waals surface area contributed by atoms with Crippen LogP contribution in [-0.4, -0.2) is 8.42 Å². The molecule has 21 heavy (non-hydrogen) atoms. The van der Waals surface area contributed by atoms with E-state index in [-0.39, 0.29) is 16.6 Å². The molecule has 0 aliphatic carbocycles. The van der Waals surface area contributed by atoms with Crippen molar-refractivity contribution in [2.75, 3.05) is 5.73 Å². The highest BCUT2D eigenvalue weighted by Gasteiger charge is 2.24. The van der Waals surface area contributed by atoms with Gasteiger partial charge in [0.2, 0.25) is 10.0 Å². The first-order chi connectivity index (χ1) is 9.81. The van der Waals surface area contributed by atoms with Crippen molar-refractivity contribution in [1.82, 2.24) is 4.72 Å². The van der Waals surface area contributed by atoms with Crippen molar-refractivity contribution in [1.29, 1.82) is 0 Å². The van der Waals surface area contributed by atoms with E-state index < -0.39 is 10.0 Å². The Kier molecular flexibility index (Phi) is 5.08. The molecule has 0 fully saturated rings. The first-order valence-corrected chi connectivity index (χ1v) is 9.20. The largest absolute Gasteiger partial charge is 0.398 e. The standard InChI is InChI=1S/C14H14Br2N2O2S/c1-9(10-5-3-2-4-6-10)18-21(19,20)14-12(16)7-11(15)8-13(14)17/h2-9,18H,17H2,1H3. The Morgan fingerprint density at radius 1 is 1.14 bits per heavy atom. The first kappa shape index (κ1) is 16.5. The van der Waals surface area contributed by atoms with E-state index in [1.807, 2.05) is 30.3 Å². The number of rotatable bonds is 4. The molecule has 2 aromatic rings. The summed E-state index contributed by atoms with van der Waals surface area (Å²) in [6, 6.07) is 12.2. The Morgan fingerprint density at radius 3 is 2.33 bits per heavy atom. The lowest BCUT2D eigenvalue weighted by atomic mass is 10.1.